The van der Waals surface area contributed by atoms with Crippen molar-refractivity contribution in [2.24, 2.45) is 0 Å². The molecular weight excluding hydrogens is 283 g/mol. The molecule has 21 heavy (non-hydrogen) atoms. The first-order chi connectivity index (χ1) is 9.98. The van der Waals surface area contributed by atoms with E-state index in [1.165, 1.54) is 12.3 Å². The molecule has 112 valence electrons. The molecule has 1 aromatic heterocycles. The summed E-state index contributed by atoms with van der Waals surface area (Å²) >= 11 is 0. The number of hydrogen-bond donors (Lipinski definition) is 0. The maximum Gasteiger partial charge on any atom is 0.422 e. The number of ether oxygens (including phenoxy) is 2. The predicted octanol–water partition coefficient (Wildman–Crippen LogP) is 4.09. The second-order valence-electron chi connectivity index (χ2n) is 4.25. The van der Waals surface area contributed by atoms with Gasteiger partial charge in [0, 0.05) is 17.8 Å². The van der Waals surface area contributed by atoms with E-state index in [4.69, 9.17) is 4.74 Å². The Bertz CT molecular complexity index is 582. The highest BCUT2D eigenvalue weighted by Crippen LogP contribution is 2.25. The lowest BCUT2D eigenvalue weighted by Crippen LogP contribution is -2.19. The van der Waals surface area contributed by atoms with Crippen molar-refractivity contribution >= 4 is 0 Å². The average molecular weight is 297 g/mol. The minimum absolute atomic E-state index is 0.0583. The van der Waals surface area contributed by atoms with Gasteiger partial charge in [0.1, 0.15) is 5.75 Å². The zero-order chi connectivity index (χ0) is 15.3. The predicted molar refractivity (Wildman–Crippen MR) is 72.4 cm³/mol. The quantitative estimate of drug-likeness (QED) is 0.833. The summed E-state index contributed by atoms with van der Waals surface area (Å²) < 4.78 is 46.1. The third-order valence-corrected chi connectivity index (χ3v) is 2.60. The molecule has 0 amide bonds. The molecule has 0 unspecified atom stereocenters. The number of hydrogen-bond acceptors (Lipinski definition) is 3. The smallest absolute Gasteiger partial charge is 0.422 e. The van der Waals surface area contributed by atoms with Crippen molar-refractivity contribution in [3.05, 3.63) is 42.6 Å². The van der Waals surface area contributed by atoms with Crippen molar-refractivity contribution in [3.8, 4) is 22.8 Å². The lowest BCUT2D eigenvalue weighted by molar-refractivity contribution is -0.154. The minimum Gasteiger partial charge on any atom is -0.494 e. The van der Waals surface area contributed by atoms with E-state index in [9.17, 15) is 13.2 Å². The van der Waals surface area contributed by atoms with Crippen LogP contribution < -0.4 is 9.47 Å². The first kappa shape index (κ1) is 15.2. The molecule has 2 rings (SSSR count). The third-order valence-electron chi connectivity index (χ3n) is 2.60. The van der Waals surface area contributed by atoms with Crippen LogP contribution in [0.2, 0.25) is 0 Å². The molecule has 0 spiro atoms. The normalized spacial score (nSPS) is 11.2. The first-order valence-electron chi connectivity index (χ1n) is 6.37. The van der Waals surface area contributed by atoms with Crippen LogP contribution in [-0.4, -0.2) is 24.4 Å². The maximum absolute atomic E-state index is 12.0. The summed E-state index contributed by atoms with van der Waals surface area (Å²) in [6.45, 7) is 1.10. The number of aromatic nitrogens is 1. The molecule has 3 nitrogen and oxygen atoms in total. The van der Waals surface area contributed by atoms with Gasteiger partial charge in [-0.3, -0.25) is 0 Å². The number of nitrogens with zero attached hydrogens (tertiary/aromatic N) is 1. The Morgan fingerprint density at radius 3 is 2.48 bits per heavy atom. The van der Waals surface area contributed by atoms with Crippen molar-refractivity contribution in [1.29, 1.82) is 0 Å². The Morgan fingerprint density at radius 1 is 1.05 bits per heavy atom. The molecule has 0 saturated heterocycles. The van der Waals surface area contributed by atoms with Gasteiger partial charge in [0.25, 0.3) is 0 Å². The van der Waals surface area contributed by atoms with Crippen LogP contribution in [0.3, 0.4) is 0 Å². The van der Waals surface area contributed by atoms with Gasteiger partial charge in [0.05, 0.1) is 6.61 Å². The van der Waals surface area contributed by atoms with Gasteiger partial charge in [-0.1, -0.05) is 12.1 Å². The van der Waals surface area contributed by atoms with Crippen LogP contribution in [0, 0.1) is 0 Å². The van der Waals surface area contributed by atoms with Gasteiger partial charge in [0.2, 0.25) is 5.88 Å². The van der Waals surface area contributed by atoms with Crippen molar-refractivity contribution in [1.82, 2.24) is 4.98 Å². The van der Waals surface area contributed by atoms with Gasteiger partial charge in [-0.2, -0.15) is 13.2 Å². The summed E-state index contributed by atoms with van der Waals surface area (Å²) in [6.07, 6.45) is -2.90. The van der Waals surface area contributed by atoms with E-state index in [1.54, 1.807) is 6.07 Å². The topological polar surface area (TPSA) is 31.4 Å². The SMILES string of the molecule is CCOc1cccc(-c2ccc(OCC(F)(F)F)nc2)c1. The van der Waals surface area contributed by atoms with Crippen LogP contribution in [0.15, 0.2) is 42.6 Å². The summed E-state index contributed by atoms with van der Waals surface area (Å²) in [4.78, 5) is 3.87. The number of pyridine rings is 1. The highest BCUT2D eigenvalue weighted by atomic mass is 19.4. The van der Waals surface area contributed by atoms with E-state index >= 15 is 0 Å². The molecule has 0 bridgehead atoms. The fraction of sp³-hybridized carbons (Fsp3) is 0.267. The number of benzene rings is 1. The Labute approximate surface area is 120 Å². The van der Waals surface area contributed by atoms with Gasteiger partial charge in [0.15, 0.2) is 6.61 Å². The minimum atomic E-state index is -4.37. The van der Waals surface area contributed by atoms with Crippen molar-refractivity contribution in [2.75, 3.05) is 13.2 Å². The number of rotatable bonds is 5. The van der Waals surface area contributed by atoms with E-state index in [-0.39, 0.29) is 5.88 Å². The summed E-state index contributed by atoms with van der Waals surface area (Å²) in [5.74, 6) is 0.671. The Kier molecular flexibility index (Phi) is 4.67. The standard InChI is InChI=1S/C15H14F3NO2/c1-2-20-13-5-3-4-11(8-13)12-6-7-14(19-9-12)21-10-15(16,17)18/h3-9H,2,10H2,1H3. The van der Waals surface area contributed by atoms with Crippen molar-refractivity contribution in [2.45, 2.75) is 13.1 Å². The third kappa shape index (κ3) is 4.66. The Morgan fingerprint density at radius 2 is 1.86 bits per heavy atom. The monoisotopic (exact) mass is 297 g/mol. The van der Waals surface area contributed by atoms with E-state index < -0.39 is 12.8 Å². The van der Waals surface area contributed by atoms with E-state index in [1.807, 2.05) is 31.2 Å². The van der Waals surface area contributed by atoms with E-state index in [0.29, 0.717) is 6.61 Å². The van der Waals surface area contributed by atoms with Crippen LogP contribution in [0.1, 0.15) is 6.92 Å². The molecule has 0 aliphatic rings. The second kappa shape index (κ2) is 6.47. The Balaban J connectivity index is 2.09. The molecular formula is C15H14F3NO2. The highest BCUT2D eigenvalue weighted by molar-refractivity contribution is 5.64. The molecule has 0 atom stereocenters. The summed E-state index contributed by atoms with van der Waals surface area (Å²) in [5.41, 5.74) is 1.65. The van der Waals surface area contributed by atoms with Gasteiger partial charge < -0.3 is 9.47 Å². The van der Waals surface area contributed by atoms with Crippen LogP contribution in [0.25, 0.3) is 11.1 Å². The number of alkyl halides is 3. The van der Waals surface area contributed by atoms with Crippen molar-refractivity contribution < 1.29 is 22.6 Å². The average Bonchev–Trinajstić information content (AvgIpc) is 2.46. The molecule has 0 fully saturated rings. The molecule has 0 aliphatic carbocycles. The summed E-state index contributed by atoms with van der Waals surface area (Å²) in [7, 11) is 0. The van der Waals surface area contributed by atoms with Gasteiger partial charge in [-0.25, -0.2) is 4.98 Å². The second-order valence-corrected chi connectivity index (χ2v) is 4.25. The molecule has 1 aromatic carbocycles. The van der Waals surface area contributed by atoms with Gasteiger partial charge in [-0.15, -0.1) is 0 Å². The zero-order valence-corrected chi connectivity index (χ0v) is 11.4. The van der Waals surface area contributed by atoms with Crippen LogP contribution >= 0.6 is 0 Å². The van der Waals surface area contributed by atoms with E-state index in [2.05, 4.69) is 9.72 Å². The largest absolute Gasteiger partial charge is 0.494 e. The molecule has 2 aromatic rings. The number of halogens is 3. The summed E-state index contributed by atoms with van der Waals surface area (Å²) in [6, 6.07) is 10.5. The molecule has 6 heteroatoms. The Hall–Kier alpha value is -2.24. The lowest BCUT2D eigenvalue weighted by Gasteiger charge is -2.09. The van der Waals surface area contributed by atoms with Crippen molar-refractivity contribution in [3.63, 3.8) is 0 Å². The summed E-state index contributed by atoms with van der Waals surface area (Å²) in [5, 5.41) is 0. The molecule has 0 N–H and O–H groups in total. The van der Waals surface area contributed by atoms with Crippen LogP contribution in [-0.2, 0) is 0 Å². The highest BCUT2D eigenvalue weighted by Gasteiger charge is 2.28. The zero-order valence-electron chi connectivity index (χ0n) is 11.4. The fourth-order valence-corrected chi connectivity index (χ4v) is 1.72. The molecule has 1 heterocycles. The van der Waals surface area contributed by atoms with E-state index in [0.717, 1.165) is 16.9 Å². The fourth-order valence-electron chi connectivity index (χ4n) is 1.72. The lowest BCUT2D eigenvalue weighted by atomic mass is 10.1. The molecule has 0 radical (unpaired) electrons. The van der Waals surface area contributed by atoms with Crippen LogP contribution in [0.5, 0.6) is 11.6 Å². The van der Waals surface area contributed by atoms with Crippen LogP contribution in [0.4, 0.5) is 13.2 Å². The van der Waals surface area contributed by atoms with Gasteiger partial charge in [-0.05, 0) is 30.7 Å². The van der Waals surface area contributed by atoms with Gasteiger partial charge >= 0.3 is 6.18 Å². The maximum atomic E-state index is 12.0. The molecule has 0 saturated carbocycles. The molecule has 0 aliphatic heterocycles. The first-order valence-corrected chi connectivity index (χ1v) is 6.37.